The van der Waals surface area contributed by atoms with Crippen molar-refractivity contribution in [3.05, 3.63) is 47.9 Å². The Morgan fingerprint density at radius 1 is 1.21 bits per heavy atom. The molecular formula is C13H18BF3KN. The molecule has 0 spiro atoms. The van der Waals surface area contributed by atoms with Gasteiger partial charge < -0.3 is 12.9 Å². The second-order valence-corrected chi connectivity index (χ2v) is 4.43. The molecular weight excluding hydrogens is 277 g/mol. The first kappa shape index (κ1) is 19.4. The molecule has 0 heterocycles. The number of rotatable bonds is 7. The van der Waals surface area contributed by atoms with Crippen molar-refractivity contribution in [2.45, 2.75) is 19.9 Å². The fourth-order valence-corrected chi connectivity index (χ4v) is 1.76. The van der Waals surface area contributed by atoms with Gasteiger partial charge in [-0.3, -0.25) is 4.90 Å². The van der Waals surface area contributed by atoms with Gasteiger partial charge in [0.15, 0.2) is 0 Å². The Morgan fingerprint density at radius 3 is 2.26 bits per heavy atom. The summed E-state index contributed by atoms with van der Waals surface area (Å²) in [7, 11) is 0. The van der Waals surface area contributed by atoms with Gasteiger partial charge >= 0.3 is 58.4 Å². The Morgan fingerprint density at radius 2 is 1.79 bits per heavy atom. The molecule has 0 unspecified atom stereocenters. The zero-order valence-corrected chi connectivity index (χ0v) is 14.7. The van der Waals surface area contributed by atoms with Crippen molar-refractivity contribution in [3.63, 3.8) is 0 Å². The fourth-order valence-electron chi connectivity index (χ4n) is 1.76. The van der Waals surface area contributed by atoms with Crippen LogP contribution in [0.1, 0.15) is 18.9 Å². The van der Waals surface area contributed by atoms with E-state index in [2.05, 4.69) is 6.58 Å². The summed E-state index contributed by atoms with van der Waals surface area (Å²) in [5.41, 5.74) is 0.396. The average molecular weight is 295 g/mol. The van der Waals surface area contributed by atoms with Gasteiger partial charge in [-0.1, -0.05) is 37.3 Å². The molecule has 0 amide bonds. The second kappa shape index (κ2) is 9.37. The monoisotopic (exact) mass is 295 g/mol. The number of halogens is 3. The van der Waals surface area contributed by atoms with Crippen LogP contribution in [0.15, 0.2) is 42.4 Å². The van der Waals surface area contributed by atoms with Gasteiger partial charge in [-0.05, 0) is 25.1 Å². The molecule has 0 aliphatic heterocycles. The Balaban J connectivity index is 0.00000324. The zero-order valence-electron chi connectivity index (χ0n) is 11.6. The Bertz CT molecular complexity index is 381. The normalized spacial score (nSPS) is 11.2. The van der Waals surface area contributed by atoms with Crippen LogP contribution in [0.25, 0.3) is 0 Å². The summed E-state index contributed by atoms with van der Waals surface area (Å²) in [6.45, 7) is 1.24. The van der Waals surface area contributed by atoms with Crippen molar-refractivity contribution < 1.29 is 64.3 Å². The maximum atomic E-state index is 12.5. The average Bonchev–Trinajstić information content (AvgIpc) is 2.29. The predicted octanol–water partition coefficient (Wildman–Crippen LogP) is 0.845. The summed E-state index contributed by atoms with van der Waals surface area (Å²) in [6.07, 6.45) is 0.824. The van der Waals surface area contributed by atoms with Crippen LogP contribution in [0, 0.1) is 0 Å². The van der Waals surface area contributed by atoms with Crippen molar-refractivity contribution in [3.8, 4) is 0 Å². The van der Waals surface area contributed by atoms with Crippen molar-refractivity contribution >= 4 is 6.98 Å². The number of benzene rings is 1. The van der Waals surface area contributed by atoms with Crippen LogP contribution in [-0.2, 0) is 6.54 Å². The van der Waals surface area contributed by atoms with Gasteiger partial charge in [-0.2, -0.15) is 0 Å². The molecule has 0 N–H and O–H groups in total. The number of hydrogen-bond donors (Lipinski definition) is 0. The maximum Gasteiger partial charge on any atom is 1.00 e. The van der Waals surface area contributed by atoms with E-state index in [-0.39, 0.29) is 57.9 Å². The minimum Gasteiger partial charge on any atom is -0.445 e. The van der Waals surface area contributed by atoms with Crippen molar-refractivity contribution in [1.82, 2.24) is 4.90 Å². The summed E-state index contributed by atoms with van der Waals surface area (Å²) >= 11 is 0. The molecule has 1 nitrogen and oxygen atoms in total. The van der Waals surface area contributed by atoms with Crippen molar-refractivity contribution in [2.75, 3.05) is 13.1 Å². The number of nitrogens with zero attached hydrogens (tertiary/aromatic N) is 1. The van der Waals surface area contributed by atoms with E-state index >= 15 is 0 Å². The van der Waals surface area contributed by atoms with Crippen LogP contribution < -0.4 is 51.4 Å². The molecule has 1 aromatic carbocycles. The SMILES string of the molecule is C=C(CN(CCC)Cc1ccccc1)[B-](F)(F)F.[K+]. The molecule has 0 bridgehead atoms. The Labute approximate surface area is 155 Å². The largest absolute Gasteiger partial charge is 1.00 e. The molecule has 100 valence electrons. The van der Waals surface area contributed by atoms with Gasteiger partial charge in [0.05, 0.1) is 0 Å². The summed E-state index contributed by atoms with van der Waals surface area (Å²) < 4.78 is 37.6. The third kappa shape index (κ3) is 7.68. The minimum atomic E-state index is -4.93. The van der Waals surface area contributed by atoms with E-state index < -0.39 is 12.4 Å². The van der Waals surface area contributed by atoms with E-state index in [0.29, 0.717) is 13.1 Å². The quantitative estimate of drug-likeness (QED) is 0.674. The van der Waals surface area contributed by atoms with Crippen molar-refractivity contribution in [1.29, 1.82) is 0 Å². The molecule has 0 aromatic heterocycles. The third-order valence-corrected chi connectivity index (χ3v) is 2.68. The van der Waals surface area contributed by atoms with E-state index in [9.17, 15) is 12.9 Å². The molecule has 0 aliphatic rings. The Hall–Kier alpha value is 0.411. The van der Waals surface area contributed by atoms with Gasteiger partial charge in [0.2, 0.25) is 0 Å². The first-order valence-electron chi connectivity index (χ1n) is 6.07. The summed E-state index contributed by atoms with van der Waals surface area (Å²) in [6, 6.07) is 9.52. The Kier molecular flexibility index (Phi) is 9.57. The minimum absolute atomic E-state index is 0. The van der Waals surface area contributed by atoms with E-state index in [1.165, 1.54) is 0 Å². The zero-order chi connectivity index (χ0) is 13.6. The van der Waals surface area contributed by atoms with Crippen molar-refractivity contribution in [2.24, 2.45) is 0 Å². The molecule has 1 rings (SSSR count). The standard InChI is InChI=1S/C13H18BF3N.K/c1-3-9-18(10-12(2)14(15,16)17)11-13-7-5-4-6-8-13;/h4-8H,2-3,9-11H2,1H3;/q-1;+1. The molecule has 0 atom stereocenters. The molecule has 19 heavy (non-hydrogen) atoms. The molecule has 0 radical (unpaired) electrons. The number of hydrogen-bond acceptors (Lipinski definition) is 1. The molecule has 0 saturated heterocycles. The maximum absolute atomic E-state index is 12.5. The molecule has 1 aromatic rings. The van der Waals surface area contributed by atoms with Crippen LogP contribution in [0.5, 0.6) is 0 Å². The fraction of sp³-hybridized carbons (Fsp3) is 0.385. The second-order valence-electron chi connectivity index (χ2n) is 4.43. The summed E-state index contributed by atoms with van der Waals surface area (Å²) in [4.78, 5) is 1.78. The molecule has 0 aliphatic carbocycles. The third-order valence-electron chi connectivity index (χ3n) is 2.68. The van der Waals surface area contributed by atoms with Crippen LogP contribution in [0.2, 0.25) is 0 Å². The first-order chi connectivity index (χ1) is 8.43. The van der Waals surface area contributed by atoms with E-state index in [4.69, 9.17) is 0 Å². The van der Waals surface area contributed by atoms with Gasteiger partial charge in [-0.15, -0.1) is 12.1 Å². The molecule has 0 fully saturated rings. The van der Waals surface area contributed by atoms with Crippen LogP contribution in [0.4, 0.5) is 12.9 Å². The van der Waals surface area contributed by atoms with E-state index in [1.807, 2.05) is 37.3 Å². The van der Waals surface area contributed by atoms with E-state index in [0.717, 1.165) is 12.0 Å². The summed E-state index contributed by atoms with van der Waals surface area (Å²) in [5.74, 6) is 0. The molecule has 6 heteroatoms. The predicted molar refractivity (Wildman–Crippen MR) is 70.2 cm³/mol. The molecule has 0 saturated carbocycles. The van der Waals surface area contributed by atoms with Crippen LogP contribution >= 0.6 is 0 Å². The van der Waals surface area contributed by atoms with E-state index in [1.54, 1.807) is 4.90 Å². The van der Waals surface area contributed by atoms with Gasteiger partial charge in [0.1, 0.15) is 0 Å². The summed E-state index contributed by atoms with van der Waals surface area (Å²) in [5, 5.41) is 0. The van der Waals surface area contributed by atoms with Crippen LogP contribution in [0.3, 0.4) is 0 Å². The van der Waals surface area contributed by atoms with Gasteiger partial charge in [0, 0.05) is 6.54 Å². The van der Waals surface area contributed by atoms with Gasteiger partial charge in [-0.25, -0.2) is 0 Å². The van der Waals surface area contributed by atoms with Gasteiger partial charge in [0.25, 0.3) is 0 Å². The van der Waals surface area contributed by atoms with Crippen LogP contribution in [-0.4, -0.2) is 25.0 Å². The first-order valence-corrected chi connectivity index (χ1v) is 6.07. The topological polar surface area (TPSA) is 3.24 Å². The smallest absolute Gasteiger partial charge is 0.445 e.